The van der Waals surface area contributed by atoms with Crippen LogP contribution in [-0.4, -0.2) is 55.4 Å². The summed E-state index contributed by atoms with van der Waals surface area (Å²) in [4.78, 5) is 21.1. The summed E-state index contributed by atoms with van der Waals surface area (Å²) in [6, 6.07) is 18.1. The highest BCUT2D eigenvalue weighted by Crippen LogP contribution is 2.17. The Morgan fingerprint density at radius 2 is 1.85 bits per heavy atom. The molecule has 26 heavy (non-hydrogen) atoms. The largest absolute Gasteiger partial charge is 0.354 e. The van der Waals surface area contributed by atoms with Gasteiger partial charge in [0, 0.05) is 39.3 Å². The van der Waals surface area contributed by atoms with Gasteiger partial charge in [-0.1, -0.05) is 48.5 Å². The zero-order valence-electron chi connectivity index (χ0n) is 15.5. The minimum atomic E-state index is 0.126. The monoisotopic (exact) mass is 350 g/mol. The molecule has 5 nitrogen and oxygen atoms in total. The highest BCUT2D eigenvalue weighted by atomic mass is 16.2. The van der Waals surface area contributed by atoms with Gasteiger partial charge in [-0.2, -0.15) is 0 Å². The van der Waals surface area contributed by atoms with Crippen molar-refractivity contribution in [3.05, 3.63) is 71.3 Å². The summed E-state index contributed by atoms with van der Waals surface area (Å²) in [6.45, 7) is 2.76. The molecular formula is C21H26N4O. The van der Waals surface area contributed by atoms with Crippen molar-refractivity contribution in [2.75, 3.05) is 33.7 Å². The third kappa shape index (κ3) is 4.42. The number of rotatable bonds is 5. The molecule has 2 aromatic rings. The lowest BCUT2D eigenvalue weighted by molar-refractivity contribution is 0.0743. The molecule has 0 spiro atoms. The number of amides is 1. The number of guanidine groups is 1. The summed E-state index contributed by atoms with van der Waals surface area (Å²) in [5, 5.41) is 3.36. The zero-order valence-corrected chi connectivity index (χ0v) is 15.5. The average Bonchev–Trinajstić information content (AvgIpc) is 2.67. The highest BCUT2D eigenvalue weighted by molar-refractivity contribution is 5.96. The molecule has 2 aromatic carbocycles. The van der Waals surface area contributed by atoms with Crippen LogP contribution < -0.4 is 5.32 Å². The lowest BCUT2D eigenvalue weighted by Crippen LogP contribution is -2.44. The van der Waals surface area contributed by atoms with E-state index in [4.69, 9.17) is 0 Å². The Hall–Kier alpha value is -2.82. The number of benzene rings is 2. The maximum absolute atomic E-state index is 12.6. The van der Waals surface area contributed by atoms with E-state index in [9.17, 15) is 4.79 Å². The van der Waals surface area contributed by atoms with Crippen molar-refractivity contribution >= 4 is 11.9 Å². The van der Waals surface area contributed by atoms with Gasteiger partial charge in [0.15, 0.2) is 5.96 Å². The van der Waals surface area contributed by atoms with Crippen LogP contribution in [0.5, 0.6) is 0 Å². The van der Waals surface area contributed by atoms with Crippen molar-refractivity contribution in [3.63, 3.8) is 0 Å². The van der Waals surface area contributed by atoms with Gasteiger partial charge >= 0.3 is 0 Å². The molecule has 3 rings (SSSR count). The molecule has 0 unspecified atom stereocenters. The number of nitrogens with one attached hydrogen (secondary N) is 1. The zero-order chi connectivity index (χ0) is 18.4. The van der Waals surface area contributed by atoms with Crippen LogP contribution in [0.2, 0.25) is 0 Å². The summed E-state index contributed by atoms with van der Waals surface area (Å²) in [6.07, 6.45) is 0.921. The van der Waals surface area contributed by atoms with Gasteiger partial charge in [0.2, 0.25) is 0 Å². The molecule has 0 saturated carbocycles. The van der Waals surface area contributed by atoms with Gasteiger partial charge in [0.05, 0.1) is 6.54 Å². The maximum Gasteiger partial charge on any atom is 0.254 e. The topological polar surface area (TPSA) is 47.9 Å². The molecule has 136 valence electrons. The van der Waals surface area contributed by atoms with Crippen LogP contribution >= 0.6 is 0 Å². The van der Waals surface area contributed by atoms with E-state index in [1.165, 1.54) is 5.56 Å². The minimum absolute atomic E-state index is 0.126. The first-order valence-corrected chi connectivity index (χ1v) is 9.02. The van der Waals surface area contributed by atoms with Gasteiger partial charge in [-0.25, -0.2) is 4.99 Å². The third-order valence-corrected chi connectivity index (χ3v) is 4.53. The molecule has 1 amide bonds. The minimum Gasteiger partial charge on any atom is -0.354 e. The van der Waals surface area contributed by atoms with Gasteiger partial charge in [-0.05, 0) is 23.6 Å². The summed E-state index contributed by atoms with van der Waals surface area (Å²) in [7, 11) is 3.94. The quantitative estimate of drug-likeness (QED) is 0.665. The molecule has 1 aliphatic rings. The SMILES string of the molecule is CN(C)C(=NCc1ccccc1)NCCN1CCc2ccccc2C1=O. The van der Waals surface area contributed by atoms with E-state index in [0.717, 1.165) is 30.1 Å². The van der Waals surface area contributed by atoms with E-state index in [1.54, 1.807) is 0 Å². The van der Waals surface area contributed by atoms with Crippen LogP contribution in [0.1, 0.15) is 21.5 Å². The Morgan fingerprint density at radius 3 is 2.62 bits per heavy atom. The second-order valence-electron chi connectivity index (χ2n) is 6.65. The fourth-order valence-corrected chi connectivity index (χ4v) is 3.10. The third-order valence-electron chi connectivity index (χ3n) is 4.53. The molecule has 0 bridgehead atoms. The van der Waals surface area contributed by atoms with Crippen LogP contribution in [0.15, 0.2) is 59.6 Å². The van der Waals surface area contributed by atoms with Crippen LogP contribution in [0.4, 0.5) is 0 Å². The van der Waals surface area contributed by atoms with E-state index in [2.05, 4.69) is 22.4 Å². The Kier molecular flexibility index (Phi) is 5.89. The molecule has 5 heteroatoms. The molecule has 1 heterocycles. The summed E-state index contributed by atoms with van der Waals surface area (Å²) in [5.74, 6) is 0.958. The fourth-order valence-electron chi connectivity index (χ4n) is 3.10. The predicted molar refractivity (Wildman–Crippen MR) is 105 cm³/mol. The van der Waals surface area contributed by atoms with Crippen molar-refractivity contribution in [2.45, 2.75) is 13.0 Å². The molecule has 1 N–H and O–H groups in total. The Morgan fingerprint density at radius 1 is 1.12 bits per heavy atom. The van der Waals surface area contributed by atoms with Crippen molar-refractivity contribution in [1.82, 2.24) is 15.1 Å². The van der Waals surface area contributed by atoms with E-state index < -0.39 is 0 Å². The normalized spacial score (nSPS) is 14.2. The average molecular weight is 350 g/mol. The van der Waals surface area contributed by atoms with Crippen LogP contribution in [0.3, 0.4) is 0 Å². The molecule has 0 radical (unpaired) electrons. The van der Waals surface area contributed by atoms with Crippen molar-refractivity contribution in [3.8, 4) is 0 Å². The summed E-state index contributed by atoms with van der Waals surface area (Å²) < 4.78 is 0. The lowest BCUT2D eigenvalue weighted by atomic mass is 9.99. The number of fused-ring (bicyclic) bond motifs is 1. The van der Waals surface area contributed by atoms with E-state index in [1.807, 2.05) is 66.4 Å². The second-order valence-corrected chi connectivity index (χ2v) is 6.65. The predicted octanol–water partition coefficient (Wildman–Crippen LogP) is 2.39. The molecule has 1 aliphatic heterocycles. The number of hydrogen-bond donors (Lipinski definition) is 1. The van der Waals surface area contributed by atoms with Gasteiger partial charge in [0.1, 0.15) is 0 Å². The molecule has 0 aliphatic carbocycles. The summed E-state index contributed by atoms with van der Waals surface area (Å²) in [5.41, 5.74) is 3.17. The van der Waals surface area contributed by atoms with Crippen molar-refractivity contribution in [2.24, 2.45) is 4.99 Å². The first kappa shape index (κ1) is 18.0. The first-order chi connectivity index (χ1) is 12.6. The second kappa shape index (κ2) is 8.52. The van der Waals surface area contributed by atoms with Crippen LogP contribution in [0, 0.1) is 0 Å². The molecule has 0 saturated heterocycles. The van der Waals surface area contributed by atoms with Crippen molar-refractivity contribution < 1.29 is 4.79 Å². The standard InChI is InChI=1S/C21H26N4O/c1-24(2)21(23-16-17-8-4-3-5-9-17)22-13-15-25-14-12-18-10-6-7-11-19(18)20(25)26/h3-11H,12-16H2,1-2H3,(H,22,23). The van der Waals surface area contributed by atoms with Crippen LogP contribution in [-0.2, 0) is 13.0 Å². The summed E-state index contributed by atoms with van der Waals surface area (Å²) >= 11 is 0. The van der Waals surface area contributed by atoms with Gasteiger partial charge in [-0.15, -0.1) is 0 Å². The van der Waals surface area contributed by atoms with E-state index in [-0.39, 0.29) is 5.91 Å². The molecule has 0 fully saturated rings. The number of hydrogen-bond acceptors (Lipinski definition) is 2. The van der Waals surface area contributed by atoms with Gasteiger partial charge in [-0.3, -0.25) is 4.79 Å². The number of carbonyl (C=O) groups excluding carboxylic acids is 1. The number of aliphatic imine (C=N–C) groups is 1. The Labute approximate surface area is 155 Å². The highest BCUT2D eigenvalue weighted by Gasteiger charge is 2.23. The smallest absolute Gasteiger partial charge is 0.254 e. The van der Waals surface area contributed by atoms with E-state index in [0.29, 0.717) is 19.6 Å². The first-order valence-electron chi connectivity index (χ1n) is 9.02. The molecule has 0 aromatic heterocycles. The number of nitrogens with zero attached hydrogens (tertiary/aromatic N) is 3. The Bertz CT molecular complexity index is 771. The molecule has 0 atom stereocenters. The Balaban J connectivity index is 1.55. The maximum atomic E-state index is 12.6. The van der Waals surface area contributed by atoms with Gasteiger partial charge < -0.3 is 15.1 Å². The van der Waals surface area contributed by atoms with Gasteiger partial charge in [0.25, 0.3) is 5.91 Å². The van der Waals surface area contributed by atoms with Crippen molar-refractivity contribution in [1.29, 1.82) is 0 Å². The molecular weight excluding hydrogens is 324 g/mol. The fraction of sp³-hybridized carbons (Fsp3) is 0.333. The van der Waals surface area contributed by atoms with Crippen LogP contribution in [0.25, 0.3) is 0 Å². The number of carbonyl (C=O) groups is 1. The lowest BCUT2D eigenvalue weighted by Gasteiger charge is -2.29. The van der Waals surface area contributed by atoms with E-state index >= 15 is 0 Å².